The largest absolute Gasteiger partial charge is 0.342 e. The molecule has 2 fully saturated rings. The zero-order valence-corrected chi connectivity index (χ0v) is 15.4. The van der Waals surface area contributed by atoms with Crippen molar-refractivity contribution in [3.05, 3.63) is 71.8 Å². The van der Waals surface area contributed by atoms with E-state index in [9.17, 15) is 4.79 Å². The maximum Gasteiger partial charge on any atom is 0.226 e. The molecule has 0 bridgehead atoms. The molecule has 136 valence electrons. The molecule has 2 saturated heterocycles. The summed E-state index contributed by atoms with van der Waals surface area (Å²) in [6.07, 6.45) is 3.26. The van der Waals surface area contributed by atoms with Crippen molar-refractivity contribution in [2.45, 2.75) is 31.7 Å². The second kappa shape index (κ2) is 8.05. The Hall–Kier alpha value is -2.13. The van der Waals surface area contributed by atoms with Gasteiger partial charge in [0.15, 0.2) is 0 Å². The molecule has 2 atom stereocenters. The number of amides is 1. The van der Waals surface area contributed by atoms with Gasteiger partial charge in [-0.3, -0.25) is 9.69 Å². The number of likely N-dealkylation sites (tertiary alicyclic amines) is 2. The third-order valence-electron chi connectivity index (χ3n) is 5.87. The number of rotatable bonds is 4. The Kier molecular flexibility index (Phi) is 5.35. The minimum atomic E-state index is 0.169. The summed E-state index contributed by atoms with van der Waals surface area (Å²) in [7, 11) is 0. The van der Waals surface area contributed by atoms with Crippen LogP contribution in [0, 0.1) is 5.92 Å². The lowest BCUT2D eigenvalue weighted by Crippen LogP contribution is -2.43. The molecule has 3 heteroatoms. The molecule has 3 nitrogen and oxygen atoms in total. The molecule has 0 aromatic heterocycles. The zero-order valence-electron chi connectivity index (χ0n) is 15.4. The van der Waals surface area contributed by atoms with E-state index in [0.29, 0.717) is 11.8 Å². The van der Waals surface area contributed by atoms with Crippen molar-refractivity contribution in [2.24, 2.45) is 5.92 Å². The van der Waals surface area contributed by atoms with Crippen LogP contribution in [-0.4, -0.2) is 41.9 Å². The fourth-order valence-corrected chi connectivity index (χ4v) is 4.46. The molecule has 0 saturated carbocycles. The minimum absolute atomic E-state index is 0.169. The third kappa shape index (κ3) is 3.99. The van der Waals surface area contributed by atoms with E-state index >= 15 is 0 Å². The predicted octanol–water partition coefficient (Wildman–Crippen LogP) is 3.91. The molecule has 0 spiro atoms. The first kappa shape index (κ1) is 17.3. The molecule has 2 aliphatic rings. The minimum Gasteiger partial charge on any atom is -0.342 e. The molecule has 26 heavy (non-hydrogen) atoms. The Labute approximate surface area is 156 Å². The van der Waals surface area contributed by atoms with Gasteiger partial charge in [0, 0.05) is 32.1 Å². The molecule has 1 amide bonds. The van der Waals surface area contributed by atoms with Gasteiger partial charge in [0.1, 0.15) is 0 Å². The fraction of sp³-hybridized carbons (Fsp3) is 0.435. The smallest absolute Gasteiger partial charge is 0.226 e. The summed E-state index contributed by atoms with van der Waals surface area (Å²) in [6.45, 7) is 4.76. The maximum atomic E-state index is 13.1. The predicted molar refractivity (Wildman–Crippen MR) is 105 cm³/mol. The van der Waals surface area contributed by atoms with Crippen LogP contribution in [0.15, 0.2) is 60.7 Å². The summed E-state index contributed by atoms with van der Waals surface area (Å²) in [5.74, 6) is 1.05. The average molecular weight is 348 g/mol. The molecule has 2 aliphatic heterocycles. The van der Waals surface area contributed by atoms with Crippen LogP contribution < -0.4 is 0 Å². The molecule has 2 aromatic carbocycles. The van der Waals surface area contributed by atoms with Gasteiger partial charge < -0.3 is 4.90 Å². The number of hydrogen-bond acceptors (Lipinski definition) is 2. The Balaban J connectivity index is 1.34. The van der Waals surface area contributed by atoms with Gasteiger partial charge in [-0.05, 0) is 36.9 Å². The summed E-state index contributed by atoms with van der Waals surface area (Å²) in [5.41, 5.74) is 2.71. The van der Waals surface area contributed by atoms with E-state index in [1.807, 2.05) is 0 Å². The summed E-state index contributed by atoms with van der Waals surface area (Å²) >= 11 is 0. The monoisotopic (exact) mass is 348 g/mol. The van der Waals surface area contributed by atoms with Crippen LogP contribution in [0.5, 0.6) is 0 Å². The number of nitrogens with zero attached hydrogens (tertiary/aromatic N) is 2. The van der Waals surface area contributed by atoms with Crippen LogP contribution in [0.25, 0.3) is 0 Å². The maximum absolute atomic E-state index is 13.1. The van der Waals surface area contributed by atoms with E-state index in [1.54, 1.807) is 0 Å². The van der Waals surface area contributed by atoms with Crippen LogP contribution in [0.2, 0.25) is 0 Å². The molecule has 0 radical (unpaired) electrons. The topological polar surface area (TPSA) is 23.6 Å². The van der Waals surface area contributed by atoms with Gasteiger partial charge in [-0.2, -0.15) is 0 Å². The molecule has 2 heterocycles. The number of hydrogen-bond donors (Lipinski definition) is 0. The highest BCUT2D eigenvalue weighted by molar-refractivity contribution is 5.79. The quantitative estimate of drug-likeness (QED) is 0.836. The molecule has 0 unspecified atom stereocenters. The highest BCUT2D eigenvalue weighted by Crippen LogP contribution is 2.29. The van der Waals surface area contributed by atoms with E-state index in [1.165, 1.54) is 11.1 Å². The molecular formula is C23H28N2O. The van der Waals surface area contributed by atoms with Gasteiger partial charge in [0.2, 0.25) is 5.91 Å². The van der Waals surface area contributed by atoms with E-state index in [4.69, 9.17) is 0 Å². The number of piperidine rings is 1. The standard InChI is InChI=1S/C23H28N2O/c26-23(25-15-13-21(18-25)20-10-5-2-6-11-20)22-12-7-14-24(17-22)16-19-8-3-1-4-9-19/h1-6,8-11,21-22H,7,12-18H2/t21-,22+/m1/s1. The van der Waals surface area contributed by atoms with E-state index in [2.05, 4.69) is 70.5 Å². The third-order valence-corrected chi connectivity index (χ3v) is 5.87. The molecule has 2 aromatic rings. The van der Waals surface area contributed by atoms with Gasteiger partial charge in [-0.15, -0.1) is 0 Å². The Morgan fingerprint density at radius 3 is 2.38 bits per heavy atom. The van der Waals surface area contributed by atoms with Crippen molar-refractivity contribution < 1.29 is 4.79 Å². The highest BCUT2D eigenvalue weighted by atomic mass is 16.2. The summed E-state index contributed by atoms with van der Waals surface area (Å²) in [4.78, 5) is 17.6. The van der Waals surface area contributed by atoms with Crippen LogP contribution in [0.1, 0.15) is 36.3 Å². The first-order valence-corrected chi connectivity index (χ1v) is 9.89. The number of benzene rings is 2. The van der Waals surface area contributed by atoms with Gasteiger partial charge in [-0.25, -0.2) is 0 Å². The molecule has 4 rings (SSSR count). The first-order valence-electron chi connectivity index (χ1n) is 9.89. The second-order valence-corrected chi connectivity index (χ2v) is 7.74. The SMILES string of the molecule is O=C([C@H]1CCCN(Cc2ccccc2)C1)N1CC[C@@H](c2ccccc2)C1. The van der Waals surface area contributed by atoms with Crippen molar-refractivity contribution >= 4 is 5.91 Å². The van der Waals surface area contributed by atoms with Crippen molar-refractivity contribution in [2.75, 3.05) is 26.2 Å². The molecule has 0 aliphatic carbocycles. The van der Waals surface area contributed by atoms with Crippen molar-refractivity contribution in [3.8, 4) is 0 Å². The van der Waals surface area contributed by atoms with Gasteiger partial charge in [0.05, 0.1) is 5.92 Å². The van der Waals surface area contributed by atoms with E-state index in [0.717, 1.165) is 52.0 Å². The summed E-state index contributed by atoms with van der Waals surface area (Å²) in [6, 6.07) is 21.2. The Bertz CT molecular complexity index is 716. The van der Waals surface area contributed by atoms with Crippen LogP contribution >= 0.6 is 0 Å². The van der Waals surface area contributed by atoms with E-state index in [-0.39, 0.29) is 5.92 Å². The molecular weight excluding hydrogens is 320 g/mol. The Morgan fingerprint density at radius 2 is 1.62 bits per heavy atom. The van der Waals surface area contributed by atoms with Gasteiger partial charge in [-0.1, -0.05) is 60.7 Å². The number of carbonyl (C=O) groups is 1. The van der Waals surface area contributed by atoms with Crippen LogP contribution in [-0.2, 0) is 11.3 Å². The normalized spacial score (nSPS) is 23.9. The lowest BCUT2D eigenvalue weighted by atomic mass is 9.96. The van der Waals surface area contributed by atoms with Crippen molar-refractivity contribution in [1.82, 2.24) is 9.80 Å². The van der Waals surface area contributed by atoms with E-state index < -0.39 is 0 Å². The number of carbonyl (C=O) groups excluding carboxylic acids is 1. The van der Waals surface area contributed by atoms with Crippen LogP contribution in [0.4, 0.5) is 0 Å². The second-order valence-electron chi connectivity index (χ2n) is 7.74. The lowest BCUT2D eigenvalue weighted by molar-refractivity contribution is -0.136. The Morgan fingerprint density at radius 1 is 0.885 bits per heavy atom. The van der Waals surface area contributed by atoms with Crippen molar-refractivity contribution in [1.29, 1.82) is 0 Å². The fourth-order valence-electron chi connectivity index (χ4n) is 4.46. The first-order chi connectivity index (χ1) is 12.8. The van der Waals surface area contributed by atoms with Crippen molar-refractivity contribution in [3.63, 3.8) is 0 Å². The highest BCUT2D eigenvalue weighted by Gasteiger charge is 2.33. The van der Waals surface area contributed by atoms with Gasteiger partial charge >= 0.3 is 0 Å². The van der Waals surface area contributed by atoms with Crippen LogP contribution in [0.3, 0.4) is 0 Å². The zero-order chi connectivity index (χ0) is 17.8. The lowest BCUT2D eigenvalue weighted by Gasteiger charge is -2.34. The summed E-state index contributed by atoms with van der Waals surface area (Å²) in [5, 5.41) is 0. The van der Waals surface area contributed by atoms with Gasteiger partial charge in [0.25, 0.3) is 0 Å². The molecule has 0 N–H and O–H groups in total. The average Bonchev–Trinajstić information content (AvgIpc) is 3.19. The summed E-state index contributed by atoms with van der Waals surface area (Å²) < 4.78 is 0.